The number of hydrogen-bond donors (Lipinski definition) is 1. The first-order valence-corrected chi connectivity index (χ1v) is 6.62. The molecule has 4 heteroatoms. The van der Waals surface area contributed by atoms with Gasteiger partial charge in [-0.15, -0.1) is 0 Å². The van der Waals surface area contributed by atoms with E-state index in [2.05, 4.69) is 10.3 Å². The fourth-order valence-electron chi connectivity index (χ4n) is 3.13. The van der Waals surface area contributed by atoms with Gasteiger partial charge in [-0.25, -0.2) is 0 Å². The summed E-state index contributed by atoms with van der Waals surface area (Å²) in [6.45, 7) is 5.83. The van der Waals surface area contributed by atoms with E-state index in [9.17, 15) is 4.79 Å². The molecule has 0 aliphatic carbocycles. The molecule has 18 heavy (non-hydrogen) atoms. The largest absolute Gasteiger partial charge is 0.338 e. The van der Waals surface area contributed by atoms with Gasteiger partial charge in [0.05, 0.1) is 5.56 Å². The third kappa shape index (κ3) is 1.90. The minimum absolute atomic E-state index is 0.143. The van der Waals surface area contributed by atoms with Crippen molar-refractivity contribution in [3.05, 3.63) is 29.6 Å². The minimum Gasteiger partial charge on any atom is -0.338 e. The van der Waals surface area contributed by atoms with Gasteiger partial charge in [0.2, 0.25) is 0 Å². The summed E-state index contributed by atoms with van der Waals surface area (Å²) in [5.41, 5.74) is 1.92. The van der Waals surface area contributed by atoms with Crippen molar-refractivity contribution in [2.45, 2.75) is 19.8 Å². The number of hydrogen-bond acceptors (Lipinski definition) is 3. The van der Waals surface area contributed by atoms with Crippen LogP contribution in [0.5, 0.6) is 0 Å². The van der Waals surface area contributed by atoms with E-state index in [1.54, 1.807) is 6.20 Å². The first-order chi connectivity index (χ1) is 8.70. The highest BCUT2D eigenvalue weighted by Gasteiger charge is 2.42. The molecule has 2 fully saturated rings. The van der Waals surface area contributed by atoms with Crippen LogP contribution < -0.4 is 5.32 Å². The Labute approximate surface area is 107 Å². The van der Waals surface area contributed by atoms with Gasteiger partial charge in [0.25, 0.3) is 5.91 Å². The fourth-order valence-corrected chi connectivity index (χ4v) is 3.13. The van der Waals surface area contributed by atoms with Gasteiger partial charge in [-0.1, -0.05) is 0 Å². The molecule has 2 aliphatic rings. The Hall–Kier alpha value is -1.42. The maximum Gasteiger partial charge on any atom is 0.255 e. The number of aryl methyl sites for hydroxylation is 1. The van der Waals surface area contributed by atoms with Crippen LogP contribution in [-0.2, 0) is 0 Å². The second-order valence-electron chi connectivity index (χ2n) is 5.54. The van der Waals surface area contributed by atoms with Gasteiger partial charge < -0.3 is 10.2 Å². The molecule has 0 radical (unpaired) electrons. The van der Waals surface area contributed by atoms with E-state index in [4.69, 9.17) is 0 Å². The molecule has 2 aliphatic heterocycles. The molecule has 2 saturated heterocycles. The van der Waals surface area contributed by atoms with E-state index >= 15 is 0 Å². The zero-order valence-electron chi connectivity index (χ0n) is 10.8. The van der Waals surface area contributed by atoms with Crippen LogP contribution in [0.1, 0.15) is 28.9 Å². The van der Waals surface area contributed by atoms with E-state index < -0.39 is 0 Å². The van der Waals surface area contributed by atoms with Crippen LogP contribution in [-0.4, -0.2) is 42.0 Å². The number of rotatable bonds is 1. The Balaban J connectivity index is 1.77. The maximum absolute atomic E-state index is 12.5. The van der Waals surface area contributed by atoms with Gasteiger partial charge in [-0.05, 0) is 38.4 Å². The smallest absolute Gasteiger partial charge is 0.255 e. The van der Waals surface area contributed by atoms with E-state index in [0.717, 1.165) is 43.9 Å². The number of carbonyl (C=O) groups excluding carboxylic acids is 1. The molecule has 3 rings (SSSR count). The predicted octanol–water partition coefficient (Wildman–Crippen LogP) is 1.22. The Kier molecular flexibility index (Phi) is 2.82. The highest BCUT2D eigenvalue weighted by atomic mass is 16.2. The highest BCUT2D eigenvalue weighted by molar-refractivity contribution is 5.95. The van der Waals surface area contributed by atoms with Crippen molar-refractivity contribution in [2.24, 2.45) is 5.41 Å². The van der Waals surface area contributed by atoms with Crippen LogP contribution in [0.25, 0.3) is 0 Å². The first-order valence-electron chi connectivity index (χ1n) is 6.62. The summed E-state index contributed by atoms with van der Waals surface area (Å²) >= 11 is 0. The van der Waals surface area contributed by atoms with Crippen molar-refractivity contribution in [3.8, 4) is 0 Å². The Morgan fingerprint density at radius 2 is 2.39 bits per heavy atom. The molecular formula is C14H19N3O. The summed E-state index contributed by atoms with van der Waals surface area (Å²) in [5, 5.41) is 3.42. The Morgan fingerprint density at radius 1 is 1.50 bits per heavy atom. The number of nitrogens with zero attached hydrogens (tertiary/aromatic N) is 2. The van der Waals surface area contributed by atoms with Crippen molar-refractivity contribution >= 4 is 5.91 Å². The van der Waals surface area contributed by atoms with Crippen LogP contribution in [0, 0.1) is 12.3 Å². The van der Waals surface area contributed by atoms with Crippen molar-refractivity contribution < 1.29 is 4.79 Å². The van der Waals surface area contributed by atoms with Crippen LogP contribution in [0.15, 0.2) is 18.3 Å². The molecule has 1 aromatic heterocycles. The van der Waals surface area contributed by atoms with Gasteiger partial charge >= 0.3 is 0 Å². The normalized spacial score (nSPS) is 27.1. The van der Waals surface area contributed by atoms with E-state index in [0.29, 0.717) is 5.41 Å². The first kappa shape index (κ1) is 11.7. The molecule has 1 amide bonds. The molecular weight excluding hydrogens is 226 g/mol. The summed E-state index contributed by atoms with van der Waals surface area (Å²) in [7, 11) is 0. The second kappa shape index (κ2) is 4.35. The monoisotopic (exact) mass is 245 g/mol. The van der Waals surface area contributed by atoms with Gasteiger partial charge in [0, 0.05) is 36.9 Å². The van der Waals surface area contributed by atoms with Crippen molar-refractivity contribution in [3.63, 3.8) is 0 Å². The standard InChI is InChI=1S/C14H19N3O/c1-11-12(3-2-6-16-11)13(18)17-8-5-14(10-17)4-7-15-9-14/h2-3,6,15H,4-5,7-10H2,1H3. The van der Waals surface area contributed by atoms with Crippen LogP contribution in [0.4, 0.5) is 0 Å². The molecule has 0 aromatic carbocycles. The lowest BCUT2D eigenvalue weighted by Gasteiger charge is -2.23. The molecule has 1 unspecified atom stereocenters. The topological polar surface area (TPSA) is 45.2 Å². The molecule has 96 valence electrons. The van der Waals surface area contributed by atoms with Gasteiger partial charge in [-0.3, -0.25) is 9.78 Å². The number of amides is 1. The second-order valence-corrected chi connectivity index (χ2v) is 5.54. The Bertz CT molecular complexity index is 466. The molecule has 0 bridgehead atoms. The number of nitrogens with one attached hydrogen (secondary N) is 1. The molecule has 4 nitrogen and oxygen atoms in total. The number of likely N-dealkylation sites (tertiary alicyclic amines) is 1. The van der Waals surface area contributed by atoms with Crippen molar-refractivity contribution in [1.29, 1.82) is 0 Å². The van der Waals surface area contributed by atoms with Crippen LogP contribution >= 0.6 is 0 Å². The summed E-state index contributed by atoms with van der Waals surface area (Å²) in [6, 6.07) is 3.71. The van der Waals surface area contributed by atoms with Gasteiger partial charge in [-0.2, -0.15) is 0 Å². The average Bonchev–Trinajstić information content (AvgIpc) is 3.00. The van der Waals surface area contributed by atoms with Crippen LogP contribution in [0.2, 0.25) is 0 Å². The Morgan fingerprint density at radius 3 is 3.11 bits per heavy atom. The minimum atomic E-state index is 0.143. The molecule has 3 heterocycles. The number of aromatic nitrogens is 1. The van der Waals surface area contributed by atoms with Crippen molar-refractivity contribution in [1.82, 2.24) is 15.2 Å². The zero-order chi connectivity index (χ0) is 12.6. The summed E-state index contributed by atoms with van der Waals surface area (Å²) in [6.07, 6.45) is 4.06. The molecule has 0 saturated carbocycles. The van der Waals surface area contributed by atoms with E-state index in [1.807, 2.05) is 24.0 Å². The summed E-state index contributed by atoms with van der Waals surface area (Å²) in [5.74, 6) is 0.143. The number of carbonyl (C=O) groups is 1. The third-order valence-corrected chi connectivity index (χ3v) is 4.29. The summed E-state index contributed by atoms with van der Waals surface area (Å²) < 4.78 is 0. The molecule has 1 spiro atoms. The van der Waals surface area contributed by atoms with E-state index in [-0.39, 0.29) is 5.91 Å². The highest BCUT2D eigenvalue weighted by Crippen LogP contribution is 2.36. The zero-order valence-corrected chi connectivity index (χ0v) is 10.8. The van der Waals surface area contributed by atoms with Crippen LogP contribution in [0.3, 0.4) is 0 Å². The quantitative estimate of drug-likeness (QED) is 0.809. The number of pyridine rings is 1. The molecule has 1 N–H and O–H groups in total. The van der Waals surface area contributed by atoms with Crippen molar-refractivity contribution in [2.75, 3.05) is 26.2 Å². The maximum atomic E-state index is 12.5. The average molecular weight is 245 g/mol. The van der Waals surface area contributed by atoms with Gasteiger partial charge in [0.1, 0.15) is 0 Å². The molecule has 1 aromatic rings. The summed E-state index contributed by atoms with van der Waals surface area (Å²) in [4.78, 5) is 18.7. The lowest BCUT2D eigenvalue weighted by molar-refractivity contribution is 0.0774. The SMILES string of the molecule is Cc1ncccc1C(=O)N1CCC2(CCNC2)C1. The fraction of sp³-hybridized carbons (Fsp3) is 0.571. The molecule has 1 atom stereocenters. The lowest BCUT2D eigenvalue weighted by atomic mass is 9.86. The third-order valence-electron chi connectivity index (χ3n) is 4.29. The van der Waals surface area contributed by atoms with Gasteiger partial charge in [0.15, 0.2) is 0 Å². The van der Waals surface area contributed by atoms with E-state index in [1.165, 1.54) is 6.42 Å². The predicted molar refractivity (Wildman–Crippen MR) is 69.4 cm³/mol. The lowest BCUT2D eigenvalue weighted by Crippen LogP contribution is -2.33.